The average molecular weight is 291 g/mol. The highest BCUT2D eigenvalue weighted by atomic mass is 32.1. The zero-order valence-electron chi connectivity index (χ0n) is 12.2. The number of hydrogen-bond acceptors (Lipinski definition) is 4. The zero-order chi connectivity index (χ0) is 14.3. The first kappa shape index (κ1) is 13.7. The van der Waals surface area contributed by atoms with Gasteiger partial charge in [0.25, 0.3) is 0 Å². The van der Waals surface area contributed by atoms with E-state index in [1.165, 1.54) is 0 Å². The third-order valence-electron chi connectivity index (χ3n) is 4.14. The van der Waals surface area contributed by atoms with Crippen LogP contribution < -0.4 is 5.32 Å². The monoisotopic (exact) mass is 291 g/mol. The fourth-order valence-corrected chi connectivity index (χ4v) is 3.84. The Kier molecular flexibility index (Phi) is 3.40. The van der Waals surface area contributed by atoms with E-state index < -0.39 is 0 Å². The summed E-state index contributed by atoms with van der Waals surface area (Å²) in [5.41, 5.74) is 0.0231. The van der Waals surface area contributed by atoms with Crippen LogP contribution in [-0.2, 0) is 16.8 Å². The molecule has 0 spiro atoms. The predicted octanol–water partition coefficient (Wildman–Crippen LogP) is 2.66. The van der Waals surface area contributed by atoms with Gasteiger partial charge in [0.15, 0.2) is 0 Å². The number of aromatic nitrogens is 2. The van der Waals surface area contributed by atoms with Gasteiger partial charge in [0.2, 0.25) is 5.91 Å². The van der Waals surface area contributed by atoms with Crippen LogP contribution in [0, 0.1) is 17.8 Å². The molecule has 2 aliphatic carbocycles. The SMILES string of the molecule is CC(C)(C)c1nnc(CNC(=O)[C@@H]2C[C@H]3C=C[C@H]2C3)s1. The topological polar surface area (TPSA) is 54.9 Å². The molecule has 0 radical (unpaired) electrons. The van der Waals surface area contributed by atoms with E-state index in [-0.39, 0.29) is 17.2 Å². The third-order valence-corrected chi connectivity index (χ3v) is 5.49. The average Bonchev–Trinajstić information content (AvgIpc) is 3.10. The van der Waals surface area contributed by atoms with Crippen molar-refractivity contribution in [3.05, 3.63) is 22.2 Å². The molecule has 2 aliphatic rings. The number of carbonyl (C=O) groups excluding carboxylic acids is 1. The Labute approximate surface area is 123 Å². The van der Waals surface area contributed by atoms with Crippen molar-refractivity contribution in [2.75, 3.05) is 0 Å². The van der Waals surface area contributed by atoms with Crippen molar-refractivity contribution >= 4 is 17.2 Å². The van der Waals surface area contributed by atoms with Crippen molar-refractivity contribution in [2.24, 2.45) is 17.8 Å². The molecule has 3 rings (SSSR count). The highest BCUT2D eigenvalue weighted by Crippen LogP contribution is 2.43. The molecule has 0 saturated heterocycles. The minimum absolute atomic E-state index is 0.0231. The van der Waals surface area contributed by atoms with Crippen molar-refractivity contribution in [1.29, 1.82) is 0 Å². The lowest BCUT2D eigenvalue weighted by atomic mass is 9.93. The molecule has 3 atom stereocenters. The molecule has 1 fully saturated rings. The number of carbonyl (C=O) groups is 1. The molecule has 108 valence electrons. The first-order valence-electron chi connectivity index (χ1n) is 7.22. The summed E-state index contributed by atoms with van der Waals surface area (Å²) in [4.78, 5) is 12.2. The molecule has 4 nitrogen and oxygen atoms in total. The molecule has 1 heterocycles. The number of allylic oxidation sites excluding steroid dienone is 2. The fourth-order valence-electron chi connectivity index (χ4n) is 3.00. The van der Waals surface area contributed by atoms with Gasteiger partial charge in [0.05, 0.1) is 6.54 Å². The van der Waals surface area contributed by atoms with Crippen molar-refractivity contribution in [2.45, 2.75) is 45.6 Å². The highest BCUT2D eigenvalue weighted by Gasteiger charge is 2.39. The second kappa shape index (κ2) is 4.95. The van der Waals surface area contributed by atoms with Crippen LogP contribution in [0.25, 0.3) is 0 Å². The Morgan fingerprint density at radius 1 is 1.35 bits per heavy atom. The van der Waals surface area contributed by atoms with Crippen LogP contribution in [0.4, 0.5) is 0 Å². The smallest absolute Gasteiger partial charge is 0.224 e. The van der Waals surface area contributed by atoms with Crippen LogP contribution >= 0.6 is 11.3 Å². The Morgan fingerprint density at radius 2 is 2.15 bits per heavy atom. The van der Waals surface area contributed by atoms with Gasteiger partial charge in [0.1, 0.15) is 10.0 Å². The summed E-state index contributed by atoms with van der Waals surface area (Å²) < 4.78 is 0. The van der Waals surface area contributed by atoms with E-state index in [1.807, 2.05) is 0 Å². The van der Waals surface area contributed by atoms with Crippen LogP contribution in [0.5, 0.6) is 0 Å². The van der Waals surface area contributed by atoms with E-state index in [1.54, 1.807) is 11.3 Å². The van der Waals surface area contributed by atoms with Gasteiger partial charge in [-0.2, -0.15) is 0 Å². The minimum Gasteiger partial charge on any atom is -0.349 e. The van der Waals surface area contributed by atoms with Gasteiger partial charge < -0.3 is 5.32 Å². The molecule has 1 aromatic rings. The maximum atomic E-state index is 12.2. The molecular weight excluding hydrogens is 270 g/mol. The van der Waals surface area contributed by atoms with Crippen molar-refractivity contribution in [1.82, 2.24) is 15.5 Å². The molecule has 1 aromatic heterocycles. The Morgan fingerprint density at radius 3 is 2.70 bits per heavy atom. The molecule has 0 aromatic carbocycles. The predicted molar refractivity (Wildman–Crippen MR) is 79.3 cm³/mol. The quantitative estimate of drug-likeness (QED) is 0.871. The van der Waals surface area contributed by atoms with Gasteiger partial charge in [-0.15, -0.1) is 10.2 Å². The van der Waals surface area contributed by atoms with E-state index in [0.29, 0.717) is 18.4 Å². The fraction of sp³-hybridized carbons (Fsp3) is 0.667. The molecule has 1 amide bonds. The van der Waals surface area contributed by atoms with Gasteiger partial charge in [-0.05, 0) is 24.7 Å². The van der Waals surface area contributed by atoms with Crippen LogP contribution in [0.2, 0.25) is 0 Å². The summed E-state index contributed by atoms with van der Waals surface area (Å²) in [5.74, 6) is 1.43. The van der Waals surface area contributed by atoms with Gasteiger partial charge in [-0.25, -0.2) is 0 Å². The lowest BCUT2D eigenvalue weighted by molar-refractivity contribution is -0.125. The van der Waals surface area contributed by atoms with Crippen molar-refractivity contribution in [3.63, 3.8) is 0 Å². The van der Waals surface area contributed by atoms with Crippen LogP contribution in [0.15, 0.2) is 12.2 Å². The van der Waals surface area contributed by atoms with E-state index >= 15 is 0 Å². The number of nitrogens with zero attached hydrogens (tertiary/aromatic N) is 2. The van der Waals surface area contributed by atoms with Gasteiger partial charge in [-0.3, -0.25) is 4.79 Å². The van der Waals surface area contributed by atoms with Gasteiger partial charge in [0, 0.05) is 11.3 Å². The maximum absolute atomic E-state index is 12.2. The molecule has 5 heteroatoms. The second-order valence-electron chi connectivity index (χ2n) is 6.86. The molecule has 0 unspecified atom stereocenters. The van der Waals surface area contributed by atoms with Crippen molar-refractivity contribution < 1.29 is 4.79 Å². The van der Waals surface area contributed by atoms with Gasteiger partial charge >= 0.3 is 0 Å². The van der Waals surface area contributed by atoms with Gasteiger partial charge in [-0.1, -0.05) is 44.3 Å². The van der Waals surface area contributed by atoms with E-state index in [9.17, 15) is 4.79 Å². The lowest BCUT2D eigenvalue weighted by Gasteiger charge is -2.16. The molecule has 0 aliphatic heterocycles. The number of nitrogens with one attached hydrogen (secondary N) is 1. The van der Waals surface area contributed by atoms with E-state index in [0.717, 1.165) is 22.9 Å². The first-order valence-corrected chi connectivity index (χ1v) is 8.04. The highest BCUT2D eigenvalue weighted by molar-refractivity contribution is 7.11. The summed E-state index contributed by atoms with van der Waals surface area (Å²) in [6, 6.07) is 0. The minimum atomic E-state index is 0.0231. The maximum Gasteiger partial charge on any atom is 0.224 e. The van der Waals surface area contributed by atoms with E-state index in [2.05, 4.69) is 48.4 Å². The Bertz CT molecular complexity index is 544. The largest absolute Gasteiger partial charge is 0.349 e. The van der Waals surface area contributed by atoms with Crippen molar-refractivity contribution in [3.8, 4) is 0 Å². The lowest BCUT2D eigenvalue weighted by Crippen LogP contribution is -2.32. The third kappa shape index (κ3) is 2.64. The number of amides is 1. The Hall–Kier alpha value is -1.23. The first-order chi connectivity index (χ1) is 9.43. The molecule has 1 saturated carbocycles. The number of rotatable bonds is 3. The summed E-state index contributed by atoms with van der Waals surface area (Å²) in [7, 11) is 0. The summed E-state index contributed by atoms with van der Waals surface area (Å²) >= 11 is 1.59. The number of fused-ring (bicyclic) bond motifs is 2. The summed E-state index contributed by atoms with van der Waals surface area (Å²) in [6.07, 6.45) is 6.64. The molecule has 2 bridgehead atoms. The molecule has 20 heavy (non-hydrogen) atoms. The molecular formula is C15H21N3OS. The standard InChI is InChI=1S/C15H21N3OS/c1-15(2,3)14-18-17-12(20-14)8-16-13(19)11-7-9-4-5-10(11)6-9/h4-5,9-11H,6-8H2,1-3H3,(H,16,19)/t9-,10-,11+/m0/s1. The molecule has 1 N–H and O–H groups in total. The van der Waals surface area contributed by atoms with Crippen LogP contribution in [0.1, 0.15) is 43.6 Å². The Balaban J connectivity index is 1.56. The zero-order valence-corrected chi connectivity index (χ0v) is 13.0. The summed E-state index contributed by atoms with van der Waals surface area (Å²) in [5, 5.41) is 13.3. The van der Waals surface area contributed by atoms with Crippen LogP contribution in [-0.4, -0.2) is 16.1 Å². The van der Waals surface area contributed by atoms with E-state index in [4.69, 9.17) is 0 Å². The second-order valence-corrected chi connectivity index (χ2v) is 7.92. The van der Waals surface area contributed by atoms with Crippen LogP contribution in [0.3, 0.4) is 0 Å². The normalized spacial score (nSPS) is 28.1. The summed E-state index contributed by atoms with van der Waals surface area (Å²) in [6.45, 7) is 6.87. The number of hydrogen-bond donors (Lipinski definition) is 1.